The van der Waals surface area contributed by atoms with Crippen molar-refractivity contribution in [1.82, 2.24) is 19.9 Å². The Bertz CT molecular complexity index is 3080. The maximum atomic E-state index is 5.92. The van der Waals surface area contributed by atoms with Crippen LogP contribution in [0, 0.1) is 27.7 Å². The van der Waals surface area contributed by atoms with Crippen LogP contribution >= 0.6 is 0 Å². The fourth-order valence-electron chi connectivity index (χ4n) is 10.8. The van der Waals surface area contributed by atoms with Gasteiger partial charge in [-0.25, -0.2) is 9.97 Å². The molecule has 0 aliphatic carbocycles. The van der Waals surface area contributed by atoms with E-state index < -0.39 is 0 Å². The number of fused-ring (bicyclic) bond motifs is 8. The van der Waals surface area contributed by atoms with Crippen LogP contribution in [0.5, 0.6) is 0 Å². The lowest BCUT2D eigenvalue weighted by Crippen LogP contribution is -2.10. The van der Waals surface area contributed by atoms with Crippen molar-refractivity contribution in [3.63, 3.8) is 0 Å². The standard InChI is InChI=1S/C68H78N4/c1-37-38(2)58-54(46-23-31-50(32-24-46)66(12,13)14)60-41(5)42(6)62(71-60)56(48-27-35-52(36-28-48)68(18,19)20)64-44(8)43(7)63(72-64)55(47-25-33-51(34-26-47)67(15,16)17)61-40(4)39(3)59(70-61)53(57(37)69-58)45-21-29-49(30-22-45)65(9,10)11/h21-36,69,72H,1-20H3. The summed E-state index contributed by atoms with van der Waals surface area (Å²) in [6, 6.07) is 37.0. The number of aryl methyl sites for hydroxylation is 4. The van der Waals surface area contributed by atoms with Crippen molar-refractivity contribution in [3.05, 3.63) is 164 Å². The summed E-state index contributed by atoms with van der Waals surface area (Å²) < 4.78 is 0. The molecule has 5 heterocycles. The smallest absolute Gasteiger partial charge is 0.0769 e. The van der Waals surface area contributed by atoms with Gasteiger partial charge in [0.15, 0.2) is 0 Å². The second-order valence-corrected chi connectivity index (χ2v) is 25.2. The quantitative estimate of drug-likeness (QED) is 0.185. The summed E-state index contributed by atoms with van der Waals surface area (Å²) in [6.07, 6.45) is 0. The molecule has 0 radical (unpaired) electrons. The summed E-state index contributed by atoms with van der Waals surface area (Å²) >= 11 is 0. The number of aromatic nitrogens is 4. The minimum Gasteiger partial charge on any atom is -0.354 e. The summed E-state index contributed by atoms with van der Waals surface area (Å²) in [5.74, 6) is 0. The molecule has 0 fully saturated rings. The fourth-order valence-corrected chi connectivity index (χ4v) is 10.8. The van der Waals surface area contributed by atoms with E-state index in [1.54, 1.807) is 0 Å². The average Bonchev–Trinajstić information content (AvgIpc) is 3.97. The number of aromatic amines is 2. The molecule has 4 aromatic carbocycles. The molecular formula is C68H78N4. The molecule has 0 saturated heterocycles. The van der Waals surface area contributed by atoms with Crippen molar-refractivity contribution in [2.24, 2.45) is 0 Å². The van der Waals surface area contributed by atoms with E-state index in [1.807, 2.05) is 0 Å². The van der Waals surface area contributed by atoms with Gasteiger partial charge in [-0.05, 0) is 166 Å². The van der Waals surface area contributed by atoms with E-state index in [1.165, 1.54) is 66.8 Å². The molecule has 2 aliphatic rings. The Balaban J connectivity index is 1.57. The first kappa shape index (κ1) is 50.4. The second kappa shape index (κ2) is 17.6. The third-order valence-electron chi connectivity index (χ3n) is 16.2. The van der Waals surface area contributed by atoms with Gasteiger partial charge in [-0.2, -0.15) is 0 Å². The van der Waals surface area contributed by atoms with Crippen LogP contribution in [0.3, 0.4) is 0 Å². The van der Waals surface area contributed by atoms with Gasteiger partial charge >= 0.3 is 0 Å². The predicted octanol–water partition coefficient (Wildman–Crippen LogP) is 19.3. The summed E-state index contributed by atoms with van der Waals surface area (Å²) in [5, 5.41) is 0. The number of H-pyrrole nitrogens is 2. The molecule has 4 nitrogen and oxygen atoms in total. The van der Waals surface area contributed by atoms with Gasteiger partial charge in [0, 0.05) is 22.3 Å². The largest absolute Gasteiger partial charge is 0.354 e. The molecule has 2 aliphatic heterocycles. The van der Waals surface area contributed by atoms with Gasteiger partial charge in [0.25, 0.3) is 0 Å². The first-order valence-corrected chi connectivity index (χ1v) is 26.2. The van der Waals surface area contributed by atoms with Crippen molar-refractivity contribution in [2.45, 2.75) is 160 Å². The molecule has 9 rings (SSSR count). The molecule has 4 heteroatoms. The Morgan fingerprint density at radius 1 is 0.264 bits per heavy atom. The van der Waals surface area contributed by atoms with Crippen LogP contribution in [0.25, 0.3) is 88.9 Å². The molecule has 0 amide bonds. The van der Waals surface area contributed by atoms with E-state index in [4.69, 9.17) is 9.97 Å². The van der Waals surface area contributed by atoms with Crippen LogP contribution in [0.4, 0.5) is 0 Å². The van der Waals surface area contributed by atoms with Crippen molar-refractivity contribution in [1.29, 1.82) is 0 Å². The molecule has 72 heavy (non-hydrogen) atoms. The number of nitrogens with one attached hydrogen (secondary N) is 2. The Labute approximate surface area is 431 Å². The highest BCUT2D eigenvalue weighted by atomic mass is 14.8. The molecule has 0 unspecified atom stereocenters. The van der Waals surface area contributed by atoms with Gasteiger partial charge in [0.2, 0.25) is 0 Å². The van der Waals surface area contributed by atoms with Crippen LogP contribution in [-0.2, 0) is 21.7 Å². The maximum absolute atomic E-state index is 5.92. The zero-order valence-electron chi connectivity index (χ0n) is 47.1. The molecule has 0 saturated carbocycles. The summed E-state index contributed by atoms with van der Waals surface area (Å²) in [5.41, 5.74) is 31.9. The summed E-state index contributed by atoms with van der Waals surface area (Å²) in [7, 11) is 0. The molecule has 3 aromatic heterocycles. The first-order valence-electron chi connectivity index (χ1n) is 26.2. The third kappa shape index (κ3) is 8.63. The highest BCUT2D eigenvalue weighted by Gasteiger charge is 2.30. The van der Waals surface area contributed by atoms with E-state index in [2.05, 4.69) is 246 Å². The number of allylic oxidation sites excluding steroid dienone is 4. The van der Waals surface area contributed by atoms with E-state index in [0.717, 1.165) is 89.4 Å². The molecule has 2 N–H and O–H groups in total. The number of hydrogen-bond donors (Lipinski definition) is 2. The number of nitrogens with zero attached hydrogens (tertiary/aromatic N) is 2. The Kier molecular flexibility index (Phi) is 12.3. The minimum atomic E-state index is 0.00621. The van der Waals surface area contributed by atoms with E-state index in [-0.39, 0.29) is 21.7 Å². The van der Waals surface area contributed by atoms with Gasteiger partial charge in [0.05, 0.1) is 44.8 Å². The Hall–Kier alpha value is -6.52. The van der Waals surface area contributed by atoms with Crippen LogP contribution in [0.15, 0.2) is 97.1 Å². The monoisotopic (exact) mass is 951 g/mol. The highest BCUT2D eigenvalue weighted by Crippen LogP contribution is 2.48. The third-order valence-corrected chi connectivity index (χ3v) is 16.2. The normalized spacial score (nSPS) is 13.7. The Morgan fingerprint density at radius 2 is 0.431 bits per heavy atom. The maximum Gasteiger partial charge on any atom is 0.0769 e. The Morgan fingerprint density at radius 3 is 0.583 bits per heavy atom. The van der Waals surface area contributed by atoms with Crippen molar-refractivity contribution >= 4 is 44.4 Å². The fraction of sp³-hybridized carbons (Fsp3) is 0.353. The summed E-state index contributed by atoms with van der Waals surface area (Å²) in [6.45, 7) is 45.6. The topological polar surface area (TPSA) is 57.4 Å². The van der Waals surface area contributed by atoms with Gasteiger partial charge in [-0.1, -0.05) is 180 Å². The molecule has 0 spiro atoms. The number of rotatable bonds is 4. The molecule has 7 aromatic rings. The van der Waals surface area contributed by atoms with Crippen molar-refractivity contribution in [3.8, 4) is 44.5 Å². The van der Waals surface area contributed by atoms with Crippen molar-refractivity contribution < 1.29 is 0 Å². The highest BCUT2D eigenvalue weighted by molar-refractivity contribution is 6.08. The zero-order valence-corrected chi connectivity index (χ0v) is 47.1. The van der Waals surface area contributed by atoms with Gasteiger partial charge in [-0.15, -0.1) is 0 Å². The van der Waals surface area contributed by atoms with Gasteiger partial charge in [0.1, 0.15) is 0 Å². The van der Waals surface area contributed by atoms with Crippen LogP contribution < -0.4 is 0 Å². The minimum absolute atomic E-state index is 0.00621. The van der Waals surface area contributed by atoms with Gasteiger partial charge < -0.3 is 9.97 Å². The average molecular weight is 951 g/mol. The predicted molar refractivity (Wildman–Crippen MR) is 313 cm³/mol. The first-order chi connectivity index (χ1) is 33.6. The van der Waals surface area contributed by atoms with Gasteiger partial charge in [-0.3, -0.25) is 0 Å². The number of hydrogen-bond acceptors (Lipinski definition) is 2. The van der Waals surface area contributed by atoms with Crippen LogP contribution in [0.2, 0.25) is 0 Å². The molecular weight excluding hydrogens is 873 g/mol. The second-order valence-electron chi connectivity index (χ2n) is 25.2. The molecule has 0 atom stereocenters. The zero-order chi connectivity index (χ0) is 52.3. The van der Waals surface area contributed by atoms with E-state index in [0.29, 0.717) is 0 Å². The lowest BCUT2D eigenvalue weighted by atomic mass is 9.85. The number of benzene rings is 4. The van der Waals surface area contributed by atoms with Crippen LogP contribution in [0.1, 0.15) is 178 Å². The SMILES string of the molecule is CC1=C(C)c2nc1c(-c1ccc(C(C)(C)C)cc1)c1[nH]c(c(C)c1C)c(-c1ccc(C(C)(C)C)cc1)c1nc(c(-c3ccc(C(C)(C)C)cc3)c3[nH]c(c(C)c3C)c2-c2ccc(C(C)(C)C)cc2)C(C)=C1C. The van der Waals surface area contributed by atoms with Crippen molar-refractivity contribution in [2.75, 3.05) is 0 Å². The summed E-state index contributed by atoms with van der Waals surface area (Å²) in [4.78, 5) is 20.2. The van der Waals surface area contributed by atoms with E-state index >= 15 is 0 Å². The molecule has 370 valence electrons. The molecule has 8 bridgehead atoms. The lowest BCUT2D eigenvalue weighted by Gasteiger charge is -2.19. The van der Waals surface area contributed by atoms with E-state index in [9.17, 15) is 0 Å². The lowest BCUT2D eigenvalue weighted by molar-refractivity contribution is 0.590. The van der Waals surface area contributed by atoms with Crippen LogP contribution in [-0.4, -0.2) is 19.9 Å².